The molecule has 0 aliphatic heterocycles. The van der Waals surface area contributed by atoms with Gasteiger partial charge in [-0.3, -0.25) is 9.48 Å². The van der Waals surface area contributed by atoms with Gasteiger partial charge in [0, 0.05) is 12.5 Å². The highest BCUT2D eigenvalue weighted by molar-refractivity contribution is 5.47. The van der Waals surface area contributed by atoms with E-state index in [9.17, 15) is 9.18 Å². The first-order chi connectivity index (χ1) is 10.1. The Labute approximate surface area is 123 Å². The highest BCUT2D eigenvalue weighted by atomic mass is 19.1. The van der Waals surface area contributed by atoms with E-state index < -0.39 is 0 Å². The summed E-state index contributed by atoms with van der Waals surface area (Å²) in [5, 5.41) is 0. The van der Waals surface area contributed by atoms with Gasteiger partial charge >= 0.3 is 0 Å². The van der Waals surface area contributed by atoms with E-state index in [0.29, 0.717) is 23.8 Å². The molecule has 1 fully saturated rings. The zero-order valence-electron chi connectivity index (χ0n) is 12.2. The van der Waals surface area contributed by atoms with Crippen molar-refractivity contribution in [3.05, 3.63) is 46.1 Å². The van der Waals surface area contributed by atoms with Crippen LogP contribution in [0.5, 0.6) is 0 Å². The molecule has 0 bridgehead atoms. The fourth-order valence-corrected chi connectivity index (χ4v) is 3.36. The summed E-state index contributed by atoms with van der Waals surface area (Å²) >= 11 is 0. The zero-order valence-corrected chi connectivity index (χ0v) is 12.2. The molecule has 1 saturated carbocycles. The van der Waals surface area contributed by atoms with E-state index >= 15 is 0 Å². The van der Waals surface area contributed by atoms with Gasteiger partial charge in [0.15, 0.2) is 0 Å². The van der Waals surface area contributed by atoms with Crippen LogP contribution in [0.1, 0.15) is 44.2 Å². The number of halogens is 1. The van der Waals surface area contributed by atoms with Crippen molar-refractivity contribution >= 4 is 5.69 Å². The van der Waals surface area contributed by atoms with Crippen molar-refractivity contribution in [2.75, 3.05) is 5.73 Å². The molecule has 2 aromatic rings. The minimum absolute atomic E-state index is 0.203. The standard InChI is InChI=1S/C16H20FN3O/c1-2-19-15(11-5-3-4-6-11)14(18)16(21)20(19)13-9-7-12(17)8-10-13/h7-11H,2-6,18H2,1H3. The molecule has 2 N–H and O–H groups in total. The van der Waals surface area contributed by atoms with Gasteiger partial charge in [-0.2, -0.15) is 0 Å². The number of hydrogen-bond acceptors (Lipinski definition) is 2. The summed E-state index contributed by atoms with van der Waals surface area (Å²) in [6, 6.07) is 5.95. The monoisotopic (exact) mass is 289 g/mol. The third-order valence-electron chi connectivity index (χ3n) is 4.33. The van der Waals surface area contributed by atoms with E-state index in [2.05, 4.69) is 0 Å². The van der Waals surface area contributed by atoms with Gasteiger partial charge in [-0.1, -0.05) is 12.8 Å². The molecule has 3 rings (SSSR count). The molecule has 5 heteroatoms. The largest absolute Gasteiger partial charge is 0.393 e. The minimum atomic E-state index is -0.314. The van der Waals surface area contributed by atoms with E-state index in [4.69, 9.17) is 5.73 Å². The number of nitrogen functional groups attached to an aromatic ring is 1. The fourth-order valence-electron chi connectivity index (χ4n) is 3.36. The maximum Gasteiger partial charge on any atom is 0.294 e. The van der Waals surface area contributed by atoms with Gasteiger partial charge in [0.05, 0.1) is 11.4 Å². The summed E-state index contributed by atoms with van der Waals surface area (Å²) in [7, 11) is 0. The van der Waals surface area contributed by atoms with Gasteiger partial charge in [0.2, 0.25) is 0 Å². The van der Waals surface area contributed by atoms with Gasteiger partial charge in [-0.15, -0.1) is 0 Å². The second kappa shape index (κ2) is 5.39. The van der Waals surface area contributed by atoms with Crippen LogP contribution in [-0.2, 0) is 6.54 Å². The molecule has 0 atom stereocenters. The summed E-state index contributed by atoms with van der Waals surface area (Å²) in [4.78, 5) is 12.5. The normalized spacial score (nSPS) is 15.7. The van der Waals surface area contributed by atoms with Crippen LogP contribution in [0.3, 0.4) is 0 Å². The quantitative estimate of drug-likeness (QED) is 0.944. The van der Waals surface area contributed by atoms with Crippen molar-refractivity contribution in [3.63, 3.8) is 0 Å². The fraction of sp³-hybridized carbons (Fsp3) is 0.438. The molecule has 0 spiro atoms. The van der Waals surface area contributed by atoms with Crippen LogP contribution >= 0.6 is 0 Å². The molecular weight excluding hydrogens is 269 g/mol. The third-order valence-corrected chi connectivity index (χ3v) is 4.33. The maximum atomic E-state index is 13.1. The molecule has 112 valence electrons. The molecule has 1 aliphatic carbocycles. The minimum Gasteiger partial charge on any atom is -0.393 e. The van der Waals surface area contributed by atoms with E-state index in [1.54, 1.807) is 16.8 Å². The molecular formula is C16H20FN3O. The first kappa shape index (κ1) is 13.9. The Balaban J connectivity index is 2.18. The molecule has 1 aromatic carbocycles. The van der Waals surface area contributed by atoms with Gasteiger partial charge in [-0.05, 0) is 44.0 Å². The Hall–Kier alpha value is -2.04. The number of aromatic nitrogens is 2. The summed E-state index contributed by atoms with van der Waals surface area (Å²) in [5.41, 5.74) is 7.84. The van der Waals surface area contributed by atoms with Crippen LogP contribution in [0.15, 0.2) is 29.1 Å². The Morgan fingerprint density at radius 2 is 1.86 bits per heavy atom. The summed E-state index contributed by atoms with van der Waals surface area (Å²) in [6.07, 6.45) is 4.53. The number of nitrogens with zero attached hydrogens (tertiary/aromatic N) is 2. The molecule has 0 amide bonds. The van der Waals surface area contributed by atoms with E-state index in [1.165, 1.54) is 25.0 Å². The summed E-state index contributed by atoms with van der Waals surface area (Å²) < 4.78 is 16.6. The first-order valence-corrected chi connectivity index (χ1v) is 7.50. The molecule has 0 unspecified atom stereocenters. The lowest BCUT2D eigenvalue weighted by Gasteiger charge is -2.16. The second-order valence-electron chi connectivity index (χ2n) is 5.59. The molecule has 1 heterocycles. The molecule has 1 aliphatic rings. The Bertz CT molecular complexity index is 694. The van der Waals surface area contributed by atoms with E-state index in [-0.39, 0.29) is 11.4 Å². The van der Waals surface area contributed by atoms with Crippen LogP contribution in [0.4, 0.5) is 10.1 Å². The van der Waals surface area contributed by atoms with Gasteiger partial charge in [-0.25, -0.2) is 9.07 Å². The number of nitrogens with two attached hydrogens (primary N) is 1. The Morgan fingerprint density at radius 1 is 1.24 bits per heavy atom. The van der Waals surface area contributed by atoms with Gasteiger partial charge < -0.3 is 5.73 Å². The summed E-state index contributed by atoms with van der Waals surface area (Å²) in [5.74, 6) is 0.0461. The van der Waals surface area contributed by atoms with Gasteiger partial charge in [0.1, 0.15) is 11.5 Å². The van der Waals surface area contributed by atoms with Crippen molar-refractivity contribution in [1.29, 1.82) is 0 Å². The highest BCUT2D eigenvalue weighted by Gasteiger charge is 2.27. The topological polar surface area (TPSA) is 52.9 Å². The van der Waals surface area contributed by atoms with Crippen LogP contribution in [0.2, 0.25) is 0 Å². The molecule has 21 heavy (non-hydrogen) atoms. The lowest BCUT2D eigenvalue weighted by Crippen LogP contribution is -2.22. The lowest BCUT2D eigenvalue weighted by molar-refractivity contribution is 0.517. The van der Waals surface area contributed by atoms with E-state index in [0.717, 1.165) is 18.5 Å². The molecule has 0 saturated heterocycles. The number of anilines is 1. The number of benzene rings is 1. The zero-order chi connectivity index (χ0) is 15.0. The predicted molar refractivity (Wildman–Crippen MR) is 81.3 cm³/mol. The van der Waals surface area contributed by atoms with Crippen molar-refractivity contribution in [1.82, 2.24) is 9.36 Å². The van der Waals surface area contributed by atoms with Crippen LogP contribution in [0, 0.1) is 5.82 Å². The highest BCUT2D eigenvalue weighted by Crippen LogP contribution is 2.36. The SMILES string of the molecule is CCn1c(C2CCCC2)c(N)c(=O)n1-c1ccc(F)cc1. The average Bonchev–Trinajstić information content (AvgIpc) is 3.08. The lowest BCUT2D eigenvalue weighted by atomic mass is 10.0. The van der Waals surface area contributed by atoms with Gasteiger partial charge in [0.25, 0.3) is 5.56 Å². The van der Waals surface area contributed by atoms with E-state index in [1.807, 2.05) is 11.6 Å². The van der Waals surface area contributed by atoms with Crippen LogP contribution < -0.4 is 11.3 Å². The maximum absolute atomic E-state index is 13.1. The van der Waals surface area contributed by atoms with Crippen molar-refractivity contribution in [3.8, 4) is 5.69 Å². The molecule has 0 radical (unpaired) electrons. The predicted octanol–water partition coefficient (Wildman–Crippen LogP) is 3.04. The average molecular weight is 289 g/mol. The Kier molecular flexibility index (Phi) is 3.57. The van der Waals surface area contributed by atoms with Crippen LogP contribution in [0.25, 0.3) is 5.69 Å². The van der Waals surface area contributed by atoms with Crippen molar-refractivity contribution < 1.29 is 4.39 Å². The van der Waals surface area contributed by atoms with Crippen molar-refractivity contribution in [2.24, 2.45) is 0 Å². The first-order valence-electron chi connectivity index (χ1n) is 7.50. The molecule has 1 aromatic heterocycles. The van der Waals surface area contributed by atoms with Crippen molar-refractivity contribution in [2.45, 2.75) is 45.1 Å². The third kappa shape index (κ3) is 2.26. The summed E-state index contributed by atoms with van der Waals surface area (Å²) in [6.45, 7) is 2.66. The second-order valence-corrected chi connectivity index (χ2v) is 5.59. The number of hydrogen-bond donors (Lipinski definition) is 1. The smallest absolute Gasteiger partial charge is 0.294 e. The molecule has 4 nitrogen and oxygen atoms in total. The number of rotatable bonds is 3. The Morgan fingerprint density at radius 3 is 2.43 bits per heavy atom. The van der Waals surface area contributed by atoms with Crippen LogP contribution in [-0.4, -0.2) is 9.36 Å².